The monoisotopic (exact) mass is 296 g/mol. The van der Waals surface area contributed by atoms with Crippen LogP contribution in [0.4, 0.5) is 0 Å². The third-order valence-electron chi connectivity index (χ3n) is 3.22. The molecule has 0 aliphatic rings. The molecule has 2 aromatic heterocycles. The zero-order valence-electron chi connectivity index (χ0n) is 12.2. The van der Waals surface area contributed by atoms with Crippen molar-refractivity contribution in [2.75, 3.05) is 6.61 Å². The van der Waals surface area contributed by atoms with E-state index in [1.165, 1.54) is 0 Å². The van der Waals surface area contributed by atoms with Crippen molar-refractivity contribution >= 4 is 11.6 Å². The number of nitrogens with zero attached hydrogens (tertiary/aromatic N) is 3. The fraction of sp³-hybridized carbons (Fsp3) is 0.188. The molecule has 112 valence electrons. The summed E-state index contributed by atoms with van der Waals surface area (Å²) in [5.74, 6) is 1.15. The number of pyridine rings is 1. The molecule has 1 N–H and O–H groups in total. The molecular weight excluding hydrogens is 280 g/mol. The second-order valence-corrected chi connectivity index (χ2v) is 4.92. The molecule has 6 heteroatoms. The van der Waals surface area contributed by atoms with Gasteiger partial charge in [-0.3, -0.25) is 9.20 Å². The molecular formula is C16H16N4O2. The maximum atomic E-state index is 11.8. The van der Waals surface area contributed by atoms with Gasteiger partial charge in [0.05, 0.1) is 6.54 Å². The van der Waals surface area contributed by atoms with Crippen molar-refractivity contribution in [1.82, 2.24) is 19.9 Å². The topological polar surface area (TPSA) is 68.5 Å². The second kappa shape index (κ2) is 6.26. The minimum Gasteiger partial charge on any atom is -0.484 e. The first kappa shape index (κ1) is 14.1. The van der Waals surface area contributed by atoms with Gasteiger partial charge in [-0.25, -0.2) is 0 Å². The summed E-state index contributed by atoms with van der Waals surface area (Å²) in [6, 6.07) is 13.2. The Morgan fingerprint density at radius 3 is 2.82 bits per heavy atom. The van der Waals surface area contributed by atoms with Crippen LogP contribution in [0.2, 0.25) is 0 Å². The molecule has 0 unspecified atom stereocenters. The Morgan fingerprint density at radius 2 is 2.00 bits per heavy atom. The zero-order valence-corrected chi connectivity index (χ0v) is 12.2. The van der Waals surface area contributed by atoms with Gasteiger partial charge in [-0.05, 0) is 31.2 Å². The van der Waals surface area contributed by atoms with E-state index in [0.29, 0.717) is 18.1 Å². The quantitative estimate of drug-likeness (QED) is 0.778. The summed E-state index contributed by atoms with van der Waals surface area (Å²) in [6.45, 7) is 2.28. The standard InChI is InChI=1S/C16H16N4O2/c1-12-5-7-13(8-6-12)22-11-16(21)17-10-15-19-18-14-4-2-3-9-20(14)15/h2-9H,10-11H2,1H3,(H,17,21). The van der Waals surface area contributed by atoms with E-state index in [1.54, 1.807) is 0 Å². The van der Waals surface area contributed by atoms with Crippen molar-refractivity contribution < 1.29 is 9.53 Å². The van der Waals surface area contributed by atoms with E-state index < -0.39 is 0 Å². The van der Waals surface area contributed by atoms with Gasteiger partial charge in [0.1, 0.15) is 5.75 Å². The third-order valence-corrected chi connectivity index (χ3v) is 3.22. The van der Waals surface area contributed by atoms with Crippen LogP contribution in [0.3, 0.4) is 0 Å². The highest BCUT2D eigenvalue weighted by Crippen LogP contribution is 2.11. The van der Waals surface area contributed by atoms with Crippen molar-refractivity contribution in [2.45, 2.75) is 13.5 Å². The lowest BCUT2D eigenvalue weighted by Gasteiger charge is -2.07. The number of nitrogens with one attached hydrogen (secondary N) is 1. The Kier molecular flexibility index (Phi) is 4.00. The molecule has 0 aliphatic carbocycles. The lowest BCUT2D eigenvalue weighted by Crippen LogP contribution is -2.29. The van der Waals surface area contributed by atoms with E-state index in [4.69, 9.17) is 4.74 Å². The van der Waals surface area contributed by atoms with E-state index in [0.717, 1.165) is 11.2 Å². The number of ether oxygens (including phenoxy) is 1. The maximum absolute atomic E-state index is 11.8. The van der Waals surface area contributed by atoms with Gasteiger partial charge in [0.25, 0.3) is 5.91 Å². The Morgan fingerprint density at radius 1 is 1.18 bits per heavy atom. The average molecular weight is 296 g/mol. The van der Waals surface area contributed by atoms with Crippen LogP contribution in [0.15, 0.2) is 48.7 Å². The fourth-order valence-corrected chi connectivity index (χ4v) is 2.02. The lowest BCUT2D eigenvalue weighted by atomic mass is 10.2. The molecule has 3 aromatic rings. The number of hydrogen-bond acceptors (Lipinski definition) is 4. The summed E-state index contributed by atoms with van der Waals surface area (Å²) >= 11 is 0. The summed E-state index contributed by atoms with van der Waals surface area (Å²) < 4.78 is 7.26. The third kappa shape index (κ3) is 3.22. The molecule has 0 fully saturated rings. The molecule has 1 aromatic carbocycles. The Bertz CT molecular complexity index is 780. The maximum Gasteiger partial charge on any atom is 0.258 e. The molecule has 1 amide bonds. The molecule has 0 saturated heterocycles. The van der Waals surface area contributed by atoms with Crippen LogP contribution in [0, 0.1) is 6.92 Å². The first-order valence-corrected chi connectivity index (χ1v) is 6.97. The van der Waals surface area contributed by atoms with E-state index in [2.05, 4.69) is 15.5 Å². The van der Waals surface area contributed by atoms with E-state index in [9.17, 15) is 4.79 Å². The SMILES string of the molecule is Cc1ccc(OCC(=O)NCc2nnc3ccccn23)cc1. The molecule has 3 rings (SSSR count). The summed E-state index contributed by atoms with van der Waals surface area (Å²) in [7, 11) is 0. The summed E-state index contributed by atoms with van der Waals surface area (Å²) in [4.78, 5) is 11.8. The van der Waals surface area contributed by atoms with Gasteiger partial charge in [-0.15, -0.1) is 10.2 Å². The predicted octanol–water partition coefficient (Wildman–Crippen LogP) is 1.73. The zero-order chi connectivity index (χ0) is 15.4. The van der Waals surface area contributed by atoms with Crippen LogP contribution in [-0.2, 0) is 11.3 Å². The molecule has 0 spiro atoms. The fourth-order valence-electron chi connectivity index (χ4n) is 2.02. The number of carbonyl (C=O) groups is 1. The first-order valence-electron chi connectivity index (χ1n) is 6.97. The van der Waals surface area contributed by atoms with Gasteiger partial charge < -0.3 is 10.1 Å². The van der Waals surface area contributed by atoms with Crippen LogP contribution in [0.1, 0.15) is 11.4 Å². The minimum atomic E-state index is -0.201. The normalized spacial score (nSPS) is 10.6. The smallest absolute Gasteiger partial charge is 0.258 e. The van der Waals surface area contributed by atoms with Crippen LogP contribution in [0.25, 0.3) is 5.65 Å². The first-order chi connectivity index (χ1) is 10.7. The minimum absolute atomic E-state index is 0.0280. The molecule has 0 atom stereocenters. The number of amides is 1. The van der Waals surface area contributed by atoms with Gasteiger partial charge in [0.15, 0.2) is 18.1 Å². The molecule has 0 aliphatic heterocycles. The number of fused-ring (bicyclic) bond motifs is 1. The number of hydrogen-bond donors (Lipinski definition) is 1. The highest BCUT2D eigenvalue weighted by atomic mass is 16.5. The molecule has 22 heavy (non-hydrogen) atoms. The number of benzene rings is 1. The molecule has 2 heterocycles. The Hall–Kier alpha value is -2.89. The number of aryl methyl sites for hydroxylation is 1. The van der Waals surface area contributed by atoms with Crippen LogP contribution in [0.5, 0.6) is 5.75 Å². The molecule has 0 saturated carbocycles. The molecule has 0 radical (unpaired) electrons. The second-order valence-electron chi connectivity index (χ2n) is 4.92. The summed E-state index contributed by atoms with van der Waals surface area (Å²) in [5.41, 5.74) is 1.90. The van der Waals surface area contributed by atoms with Gasteiger partial charge in [-0.2, -0.15) is 0 Å². The van der Waals surface area contributed by atoms with Gasteiger partial charge >= 0.3 is 0 Å². The van der Waals surface area contributed by atoms with Crippen molar-refractivity contribution in [1.29, 1.82) is 0 Å². The van der Waals surface area contributed by atoms with Crippen molar-refractivity contribution in [3.05, 3.63) is 60.0 Å². The van der Waals surface area contributed by atoms with E-state index >= 15 is 0 Å². The largest absolute Gasteiger partial charge is 0.484 e. The highest BCUT2D eigenvalue weighted by molar-refractivity contribution is 5.77. The van der Waals surface area contributed by atoms with Crippen LogP contribution >= 0.6 is 0 Å². The molecule has 6 nitrogen and oxygen atoms in total. The number of carbonyl (C=O) groups excluding carboxylic acids is 1. The summed E-state index contributed by atoms with van der Waals surface area (Å²) in [6.07, 6.45) is 1.86. The molecule has 0 bridgehead atoms. The van der Waals surface area contributed by atoms with Gasteiger partial charge in [-0.1, -0.05) is 23.8 Å². The van der Waals surface area contributed by atoms with Crippen LogP contribution < -0.4 is 10.1 Å². The van der Waals surface area contributed by atoms with Crippen molar-refractivity contribution in [3.8, 4) is 5.75 Å². The highest BCUT2D eigenvalue weighted by Gasteiger charge is 2.07. The Labute approximate surface area is 127 Å². The van der Waals surface area contributed by atoms with E-state index in [-0.39, 0.29) is 12.5 Å². The van der Waals surface area contributed by atoms with E-state index in [1.807, 2.05) is 60.0 Å². The van der Waals surface area contributed by atoms with Gasteiger partial charge in [0, 0.05) is 6.20 Å². The van der Waals surface area contributed by atoms with Crippen molar-refractivity contribution in [2.24, 2.45) is 0 Å². The van der Waals surface area contributed by atoms with Crippen LogP contribution in [-0.4, -0.2) is 27.1 Å². The predicted molar refractivity (Wildman–Crippen MR) is 81.5 cm³/mol. The number of aromatic nitrogens is 3. The average Bonchev–Trinajstić information content (AvgIpc) is 2.96. The van der Waals surface area contributed by atoms with Crippen molar-refractivity contribution in [3.63, 3.8) is 0 Å². The summed E-state index contributed by atoms with van der Waals surface area (Å²) in [5, 5.41) is 10.9. The van der Waals surface area contributed by atoms with Gasteiger partial charge in [0.2, 0.25) is 0 Å². The lowest BCUT2D eigenvalue weighted by molar-refractivity contribution is -0.123. The number of rotatable bonds is 5. The Balaban J connectivity index is 1.53.